The molecule has 1 aliphatic carbocycles. The number of likely N-dealkylation sites (tertiary alicyclic amines) is 1. The molecule has 3 fully saturated rings. The fourth-order valence-electron chi connectivity index (χ4n) is 5.98. The molecule has 38 heavy (non-hydrogen) atoms. The molecule has 202 valence electrons. The molecular formula is C30H37N3O5. The second-order valence-corrected chi connectivity index (χ2v) is 11.2. The van der Waals surface area contributed by atoms with Crippen LogP contribution in [0.5, 0.6) is 5.75 Å². The van der Waals surface area contributed by atoms with Gasteiger partial charge in [-0.2, -0.15) is 0 Å². The Balaban J connectivity index is 1.28. The fourth-order valence-corrected chi connectivity index (χ4v) is 5.98. The van der Waals surface area contributed by atoms with Crippen LogP contribution in [-0.2, 0) is 9.53 Å². The van der Waals surface area contributed by atoms with E-state index in [0.29, 0.717) is 49.6 Å². The Labute approximate surface area is 223 Å². The zero-order valence-electron chi connectivity index (χ0n) is 21.7. The van der Waals surface area contributed by atoms with Crippen molar-refractivity contribution in [3.05, 3.63) is 54.1 Å². The van der Waals surface area contributed by atoms with Crippen LogP contribution in [0.2, 0.25) is 0 Å². The number of ether oxygens (including phenoxy) is 2. The molecule has 0 spiro atoms. The van der Waals surface area contributed by atoms with Crippen LogP contribution in [0.1, 0.15) is 48.9 Å². The van der Waals surface area contributed by atoms with Gasteiger partial charge in [-0.3, -0.25) is 14.5 Å². The number of nitrogens with zero attached hydrogens (tertiary/aromatic N) is 1. The minimum absolute atomic E-state index is 0.0522. The largest absolute Gasteiger partial charge is 0.493 e. The molecule has 2 aromatic carbocycles. The molecule has 8 nitrogen and oxygen atoms in total. The highest BCUT2D eigenvalue weighted by Gasteiger charge is 2.41. The second-order valence-electron chi connectivity index (χ2n) is 11.2. The third-order valence-electron chi connectivity index (χ3n) is 8.32. The molecular weight excluding hydrogens is 482 g/mol. The van der Waals surface area contributed by atoms with Gasteiger partial charge in [0.25, 0.3) is 5.91 Å². The summed E-state index contributed by atoms with van der Waals surface area (Å²) in [7, 11) is 0. The normalized spacial score (nSPS) is 30.6. The van der Waals surface area contributed by atoms with E-state index in [1.807, 2.05) is 48.5 Å². The first kappa shape index (κ1) is 25.3. The van der Waals surface area contributed by atoms with Crippen LogP contribution in [0.4, 0.5) is 0 Å². The number of rotatable bonds is 3. The topological polar surface area (TPSA) is 100 Å². The summed E-state index contributed by atoms with van der Waals surface area (Å²) in [5.74, 6) is 0.944. The molecule has 0 radical (unpaired) electrons. The quantitative estimate of drug-likeness (QED) is 0.577. The lowest BCUT2D eigenvalue weighted by molar-refractivity contribution is -0.133. The predicted octanol–water partition coefficient (Wildman–Crippen LogP) is 2.74. The van der Waals surface area contributed by atoms with Gasteiger partial charge in [0.05, 0.1) is 30.4 Å². The number of fused-ring (bicyclic) bond motifs is 5. The number of nitrogens with one attached hydrogen (secondary N) is 2. The Kier molecular flexibility index (Phi) is 7.37. The molecule has 2 amide bonds. The lowest BCUT2D eigenvalue weighted by Crippen LogP contribution is -2.50. The first-order valence-electron chi connectivity index (χ1n) is 14.0. The first-order valence-corrected chi connectivity index (χ1v) is 14.0. The van der Waals surface area contributed by atoms with Gasteiger partial charge in [0, 0.05) is 32.1 Å². The lowest BCUT2D eigenvalue weighted by Gasteiger charge is -2.34. The maximum atomic E-state index is 13.5. The zero-order valence-corrected chi connectivity index (χ0v) is 21.7. The van der Waals surface area contributed by atoms with Gasteiger partial charge in [0.2, 0.25) is 5.91 Å². The van der Waals surface area contributed by atoms with E-state index < -0.39 is 12.2 Å². The van der Waals surface area contributed by atoms with Crippen molar-refractivity contribution in [3.8, 4) is 16.9 Å². The van der Waals surface area contributed by atoms with E-state index in [9.17, 15) is 14.7 Å². The summed E-state index contributed by atoms with van der Waals surface area (Å²) in [6, 6.07) is 15.3. The van der Waals surface area contributed by atoms with E-state index in [1.54, 1.807) is 0 Å². The Hall–Kier alpha value is -2.94. The summed E-state index contributed by atoms with van der Waals surface area (Å²) in [4.78, 5) is 29.0. The van der Waals surface area contributed by atoms with Crippen LogP contribution in [-0.4, -0.2) is 78.5 Å². The van der Waals surface area contributed by atoms with E-state index in [1.165, 1.54) is 12.8 Å². The summed E-state index contributed by atoms with van der Waals surface area (Å²) in [5.41, 5.74) is 2.53. The smallest absolute Gasteiger partial charge is 0.255 e. The highest BCUT2D eigenvalue weighted by molar-refractivity contribution is 5.98. The number of hydrogen-bond donors (Lipinski definition) is 3. The van der Waals surface area contributed by atoms with Crippen molar-refractivity contribution in [1.29, 1.82) is 0 Å². The van der Waals surface area contributed by atoms with Crippen LogP contribution >= 0.6 is 0 Å². The number of carbonyl (C=O) groups excluding carboxylic acids is 2. The number of hydrogen-bond acceptors (Lipinski definition) is 6. The van der Waals surface area contributed by atoms with E-state index in [4.69, 9.17) is 9.47 Å². The van der Waals surface area contributed by atoms with Gasteiger partial charge < -0.3 is 25.2 Å². The van der Waals surface area contributed by atoms with Gasteiger partial charge in [-0.1, -0.05) is 36.4 Å². The minimum Gasteiger partial charge on any atom is -0.493 e. The van der Waals surface area contributed by atoms with E-state index >= 15 is 0 Å². The summed E-state index contributed by atoms with van der Waals surface area (Å²) in [5, 5.41) is 16.8. The average Bonchev–Trinajstić information content (AvgIpc) is 3.66. The fraction of sp³-hybridized carbons (Fsp3) is 0.533. The Bertz CT molecular complexity index is 1150. The molecule has 5 atom stereocenters. The molecule has 3 N–H and O–H groups in total. The number of aliphatic hydroxyl groups excluding tert-OH is 1. The Morgan fingerprint density at radius 3 is 2.63 bits per heavy atom. The minimum atomic E-state index is -0.598. The van der Waals surface area contributed by atoms with Gasteiger partial charge in [-0.15, -0.1) is 0 Å². The molecule has 6 rings (SSSR count). The van der Waals surface area contributed by atoms with Gasteiger partial charge in [0.1, 0.15) is 11.9 Å². The highest BCUT2D eigenvalue weighted by atomic mass is 16.5. The number of amides is 2. The summed E-state index contributed by atoms with van der Waals surface area (Å²) < 4.78 is 12.4. The van der Waals surface area contributed by atoms with Crippen LogP contribution in [0.3, 0.4) is 0 Å². The predicted molar refractivity (Wildman–Crippen MR) is 143 cm³/mol. The van der Waals surface area contributed by atoms with Crippen LogP contribution < -0.4 is 15.4 Å². The molecule has 3 aliphatic heterocycles. The van der Waals surface area contributed by atoms with E-state index in [-0.39, 0.29) is 36.5 Å². The monoisotopic (exact) mass is 519 g/mol. The maximum absolute atomic E-state index is 13.5. The summed E-state index contributed by atoms with van der Waals surface area (Å²) in [6.07, 6.45) is 3.82. The third kappa shape index (κ3) is 5.72. The molecule has 3 heterocycles. The van der Waals surface area contributed by atoms with E-state index in [2.05, 4.69) is 15.5 Å². The molecule has 0 aromatic heterocycles. The molecule has 0 unspecified atom stereocenters. The number of carbonyl (C=O) groups is 2. The van der Waals surface area contributed by atoms with Gasteiger partial charge in [-0.05, 0) is 61.3 Å². The standard InChI is InChI=1S/C30H37N3O5/c34-26-11-9-23-12-13-37-27-14-21(20-4-2-1-3-5-20)8-10-24(27)29(35)32-22-15-25(30(36)31-16-28(26)38-23)33(18-22)17-19-6-7-19/h1-5,8,10,14,19,22-23,25-26,28,34H,6-7,9,11-13,15-18H2,(H,31,36)(H,32,35)/t22-,23-,25-,26-,28+/m0/s1. The number of aliphatic hydroxyl groups is 1. The van der Waals surface area contributed by atoms with Gasteiger partial charge in [-0.25, -0.2) is 0 Å². The zero-order chi connectivity index (χ0) is 26.1. The summed E-state index contributed by atoms with van der Waals surface area (Å²) >= 11 is 0. The maximum Gasteiger partial charge on any atom is 0.255 e. The number of benzene rings is 2. The Morgan fingerprint density at radius 2 is 1.82 bits per heavy atom. The lowest BCUT2D eigenvalue weighted by atomic mass is 9.99. The Morgan fingerprint density at radius 1 is 0.974 bits per heavy atom. The van der Waals surface area contributed by atoms with Gasteiger partial charge >= 0.3 is 0 Å². The molecule has 2 saturated heterocycles. The van der Waals surface area contributed by atoms with Crippen molar-refractivity contribution in [2.75, 3.05) is 26.2 Å². The van der Waals surface area contributed by atoms with E-state index in [0.717, 1.165) is 24.1 Å². The summed E-state index contributed by atoms with van der Waals surface area (Å²) in [6.45, 7) is 2.18. The molecule has 4 aliphatic rings. The third-order valence-corrected chi connectivity index (χ3v) is 8.32. The first-order chi connectivity index (χ1) is 18.5. The SMILES string of the molecule is O=C1N[C@H]2C[C@@H](C(=O)NC[C@H]3O[C@H](CCOc4cc(-c5ccccc5)ccc41)CC[C@@H]3O)N(CC1CC1)C2. The molecule has 4 bridgehead atoms. The van der Waals surface area contributed by atoms with Crippen LogP contribution in [0.25, 0.3) is 11.1 Å². The van der Waals surface area contributed by atoms with Crippen molar-refractivity contribution < 1.29 is 24.2 Å². The highest BCUT2D eigenvalue weighted by Crippen LogP contribution is 2.33. The van der Waals surface area contributed by atoms with Crippen molar-refractivity contribution in [2.45, 2.75) is 68.9 Å². The second kappa shape index (κ2) is 11.0. The molecule has 8 heteroatoms. The molecule has 1 saturated carbocycles. The van der Waals surface area contributed by atoms with Crippen molar-refractivity contribution in [1.82, 2.24) is 15.5 Å². The van der Waals surface area contributed by atoms with Crippen molar-refractivity contribution in [2.24, 2.45) is 5.92 Å². The van der Waals surface area contributed by atoms with Gasteiger partial charge in [0.15, 0.2) is 0 Å². The average molecular weight is 520 g/mol. The van der Waals surface area contributed by atoms with Crippen molar-refractivity contribution >= 4 is 11.8 Å². The van der Waals surface area contributed by atoms with Crippen LogP contribution in [0.15, 0.2) is 48.5 Å². The van der Waals surface area contributed by atoms with Crippen LogP contribution in [0, 0.1) is 5.92 Å². The van der Waals surface area contributed by atoms with Crippen molar-refractivity contribution in [3.63, 3.8) is 0 Å². The molecule has 2 aromatic rings.